The maximum Gasteiger partial charge on any atom is 0.204 e. The molecule has 1 atom stereocenters. The minimum atomic E-state index is -0.169. The molecule has 1 fully saturated rings. The predicted octanol–water partition coefficient (Wildman–Crippen LogP) is 3.52. The van der Waals surface area contributed by atoms with Gasteiger partial charge in [0.1, 0.15) is 6.61 Å². The van der Waals surface area contributed by atoms with Crippen LogP contribution in [0.1, 0.15) is 36.1 Å². The molecule has 120 valence electrons. The molecule has 0 bridgehead atoms. The molecular formula is C18H20N2O3. The molecular weight excluding hydrogens is 292 g/mol. The second-order valence-corrected chi connectivity index (χ2v) is 5.96. The van der Waals surface area contributed by atoms with Crippen molar-refractivity contribution in [1.29, 1.82) is 0 Å². The SMILES string of the molecule is CNc1cc(OC)c2c(c1)OCC(c1ccc(C3CC3)nc1)O2. The minimum absolute atomic E-state index is 0.169. The smallest absolute Gasteiger partial charge is 0.204 e. The number of hydrogen-bond donors (Lipinski definition) is 1. The van der Waals surface area contributed by atoms with Gasteiger partial charge in [0.05, 0.1) is 7.11 Å². The molecule has 1 unspecified atom stereocenters. The molecule has 5 heteroatoms. The normalized spacial score (nSPS) is 19.3. The highest BCUT2D eigenvalue weighted by Gasteiger charge is 2.28. The van der Waals surface area contributed by atoms with Crippen molar-refractivity contribution in [3.05, 3.63) is 41.7 Å². The third-order valence-electron chi connectivity index (χ3n) is 4.36. The summed E-state index contributed by atoms with van der Waals surface area (Å²) in [7, 11) is 3.49. The summed E-state index contributed by atoms with van der Waals surface area (Å²) in [5.74, 6) is 2.67. The molecule has 2 aromatic rings. The Labute approximate surface area is 135 Å². The summed E-state index contributed by atoms with van der Waals surface area (Å²) in [4.78, 5) is 4.57. The molecule has 1 aliphatic carbocycles. The standard InChI is InChI=1S/C18H20N2O3/c1-19-13-7-15(21-2)18-16(8-13)22-10-17(23-18)12-5-6-14(20-9-12)11-3-4-11/h5-9,11,17,19H,3-4,10H2,1-2H3. The minimum Gasteiger partial charge on any atom is -0.493 e. The zero-order valence-electron chi connectivity index (χ0n) is 13.3. The maximum atomic E-state index is 6.14. The third-order valence-corrected chi connectivity index (χ3v) is 4.36. The Hall–Kier alpha value is -2.43. The first kappa shape index (κ1) is 14.2. The average Bonchev–Trinajstić information content (AvgIpc) is 3.45. The van der Waals surface area contributed by atoms with Gasteiger partial charge in [-0.2, -0.15) is 0 Å². The molecule has 0 radical (unpaired) electrons. The van der Waals surface area contributed by atoms with E-state index in [4.69, 9.17) is 14.2 Å². The van der Waals surface area contributed by atoms with E-state index < -0.39 is 0 Å². The van der Waals surface area contributed by atoms with Crippen molar-refractivity contribution >= 4 is 5.69 Å². The lowest BCUT2D eigenvalue weighted by Gasteiger charge is -2.28. The number of ether oxygens (including phenoxy) is 3. The fourth-order valence-corrected chi connectivity index (χ4v) is 2.83. The van der Waals surface area contributed by atoms with Crippen LogP contribution in [0.2, 0.25) is 0 Å². The molecule has 4 rings (SSSR count). The molecule has 23 heavy (non-hydrogen) atoms. The lowest BCUT2D eigenvalue weighted by molar-refractivity contribution is 0.0870. The van der Waals surface area contributed by atoms with E-state index in [0.717, 1.165) is 11.3 Å². The zero-order chi connectivity index (χ0) is 15.8. The molecule has 1 N–H and O–H groups in total. The van der Waals surface area contributed by atoms with Gasteiger partial charge in [-0.25, -0.2) is 0 Å². The van der Waals surface area contributed by atoms with E-state index in [0.29, 0.717) is 29.8 Å². The Balaban J connectivity index is 1.60. The van der Waals surface area contributed by atoms with Crippen molar-refractivity contribution in [3.63, 3.8) is 0 Å². The summed E-state index contributed by atoms with van der Waals surface area (Å²) in [6.45, 7) is 0.466. The lowest BCUT2D eigenvalue weighted by Crippen LogP contribution is -2.22. The molecule has 2 heterocycles. The Morgan fingerprint density at radius 2 is 2.13 bits per heavy atom. The molecule has 1 aromatic carbocycles. The fraction of sp³-hybridized carbons (Fsp3) is 0.389. The first-order chi connectivity index (χ1) is 11.3. The van der Waals surface area contributed by atoms with Crippen LogP contribution in [-0.4, -0.2) is 25.7 Å². The van der Waals surface area contributed by atoms with E-state index in [1.807, 2.05) is 25.4 Å². The van der Waals surface area contributed by atoms with Crippen molar-refractivity contribution in [1.82, 2.24) is 4.98 Å². The van der Waals surface area contributed by atoms with Crippen LogP contribution in [-0.2, 0) is 0 Å². The number of nitrogens with zero attached hydrogens (tertiary/aromatic N) is 1. The Kier molecular flexibility index (Phi) is 3.48. The summed E-state index contributed by atoms with van der Waals surface area (Å²) in [5.41, 5.74) is 3.14. The number of methoxy groups -OCH3 is 1. The fourth-order valence-electron chi connectivity index (χ4n) is 2.83. The van der Waals surface area contributed by atoms with Gasteiger partial charge in [0, 0.05) is 48.2 Å². The highest BCUT2D eigenvalue weighted by Crippen LogP contribution is 2.45. The molecule has 1 saturated carbocycles. The van der Waals surface area contributed by atoms with Crippen LogP contribution in [0.4, 0.5) is 5.69 Å². The Morgan fingerprint density at radius 3 is 2.78 bits per heavy atom. The van der Waals surface area contributed by atoms with Crippen LogP contribution in [0.3, 0.4) is 0 Å². The highest BCUT2D eigenvalue weighted by molar-refractivity contribution is 5.63. The number of rotatable bonds is 4. The van der Waals surface area contributed by atoms with Crippen LogP contribution in [0, 0.1) is 0 Å². The molecule has 1 aromatic heterocycles. The summed E-state index contributed by atoms with van der Waals surface area (Å²) in [5, 5.41) is 3.09. The van der Waals surface area contributed by atoms with Gasteiger partial charge in [0.2, 0.25) is 5.75 Å². The number of fused-ring (bicyclic) bond motifs is 1. The molecule has 1 aliphatic heterocycles. The van der Waals surface area contributed by atoms with Gasteiger partial charge in [-0.1, -0.05) is 6.07 Å². The summed E-state index contributed by atoms with van der Waals surface area (Å²) >= 11 is 0. The first-order valence-electron chi connectivity index (χ1n) is 7.93. The van der Waals surface area contributed by atoms with Crippen LogP contribution in [0.25, 0.3) is 0 Å². The van der Waals surface area contributed by atoms with E-state index >= 15 is 0 Å². The Morgan fingerprint density at radius 1 is 1.26 bits per heavy atom. The summed E-state index contributed by atoms with van der Waals surface area (Å²) in [6.07, 6.45) is 4.25. The van der Waals surface area contributed by atoms with Crippen molar-refractivity contribution in [2.75, 3.05) is 26.1 Å². The van der Waals surface area contributed by atoms with E-state index in [9.17, 15) is 0 Å². The van der Waals surface area contributed by atoms with Gasteiger partial charge in [0.25, 0.3) is 0 Å². The third kappa shape index (κ3) is 2.67. The molecule has 0 spiro atoms. The summed E-state index contributed by atoms with van der Waals surface area (Å²) < 4.78 is 17.5. The molecule has 0 amide bonds. The number of anilines is 1. The van der Waals surface area contributed by atoms with Gasteiger partial charge in [-0.3, -0.25) is 4.98 Å². The lowest BCUT2D eigenvalue weighted by atomic mass is 10.1. The number of benzene rings is 1. The molecule has 2 aliphatic rings. The molecule has 0 saturated heterocycles. The van der Waals surface area contributed by atoms with Crippen molar-refractivity contribution < 1.29 is 14.2 Å². The van der Waals surface area contributed by atoms with Crippen LogP contribution < -0.4 is 19.5 Å². The zero-order valence-corrected chi connectivity index (χ0v) is 13.3. The maximum absolute atomic E-state index is 6.14. The van der Waals surface area contributed by atoms with Gasteiger partial charge in [-0.05, 0) is 18.9 Å². The van der Waals surface area contributed by atoms with Crippen molar-refractivity contribution in [2.24, 2.45) is 0 Å². The van der Waals surface area contributed by atoms with E-state index in [1.54, 1.807) is 7.11 Å². The van der Waals surface area contributed by atoms with Gasteiger partial charge in [-0.15, -0.1) is 0 Å². The first-order valence-corrected chi connectivity index (χ1v) is 7.93. The number of nitrogens with one attached hydrogen (secondary N) is 1. The Bertz CT molecular complexity index is 694. The monoisotopic (exact) mass is 312 g/mol. The van der Waals surface area contributed by atoms with Crippen molar-refractivity contribution in [2.45, 2.75) is 24.9 Å². The second kappa shape index (κ2) is 5.65. The topological polar surface area (TPSA) is 52.6 Å². The summed E-state index contributed by atoms with van der Waals surface area (Å²) in [6, 6.07) is 8.02. The van der Waals surface area contributed by atoms with E-state index in [1.165, 1.54) is 18.5 Å². The number of hydrogen-bond acceptors (Lipinski definition) is 5. The van der Waals surface area contributed by atoms with E-state index in [-0.39, 0.29) is 6.10 Å². The average molecular weight is 312 g/mol. The highest BCUT2D eigenvalue weighted by atomic mass is 16.6. The van der Waals surface area contributed by atoms with Crippen molar-refractivity contribution in [3.8, 4) is 17.2 Å². The number of aromatic nitrogens is 1. The number of pyridine rings is 1. The largest absolute Gasteiger partial charge is 0.493 e. The van der Waals surface area contributed by atoms with Gasteiger partial charge in [0.15, 0.2) is 17.6 Å². The second-order valence-electron chi connectivity index (χ2n) is 5.96. The van der Waals surface area contributed by atoms with Crippen LogP contribution >= 0.6 is 0 Å². The van der Waals surface area contributed by atoms with E-state index in [2.05, 4.69) is 22.4 Å². The van der Waals surface area contributed by atoms with Crippen LogP contribution in [0.15, 0.2) is 30.5 Å². The van der Waals surface area contributed by atoms with Crippen LogP contribution in [0.5, 0.6) is 17.2 Å². The van der Waals surface area contributed by atoms with Gasteiger partial charge < -0.3 is 19.5 Å². The quantitative estimate of drug-likeness (QED) is 0.936. The molecule has 5 nitrogen and oxygen atoms in total. The predicted molar refractivity (Wildman–Crippen MR) is 87.6 cm³/mol. The van der Waals surface area contributed by atoms with Gasteiger partial charge >= 0.3 is 0 Å².